The van der Waals surface area contributed by atoms with Crippen molar-refractivity contribution in [1.29, 1.82) is 0 Å². The molecule has 0 aromatic heterocycles. The predicted molar refractivity (Wildman–Crippen MR) is 86.0 cm³/mol. The van der Waals surface area contributed by atoms with Crippen molar-refractivity contribution in [2.75, 3.05) is 6.54 Å². The van der Waals surface area contributed by atoms with Crippen molar-refractivity contribution in [2.24, 2.45) is 17.8 Å². The summed E-state index contributed by atoms with van der Waals surface area (Å²) >= 11 is 6.00. The van der Waals surface area contributed by atoms with Gasteiger partial charge in [-0.1, -0.05) is 37.1 Å². The molecule has 1 nitrogen and oxygen atoms in total. The molecule has 0 aliphatic heterocycles. The van der Waals surface area contributed by atoms with Crippen LogP contribution in [0.25, 0.3) is 0 Å². The fourth-order valence-electron chi connectivity index (χ4n) is 3.42. The molecule has 110 valence electrons. The highest BCUT2D eigenvalue weighted by molar-refractivity contribution is 6.30. The third-order valence-electron chi connectivity index (χ3n) is 4.90. The quantitative estimate of drug-likeness (QED) is 0.693. The molecule has 2 aliphatic carbocycles. The first-order chi connectivity index (χ1) is 9.78. The Labute approximate surface area is 128 Å². The van der Waals surface area contributed by atoms with E-state index in [0.29, 0.717) is 6.04 Å². The Bertz CT molecular complexity index is 408. The first kappa shape index (κ1) is 14.4. The minimum atomic E-state index is 0.497. The largest absolute Gasteiger partial charge is 0.310 e. The zero-order valence-corrected chi connectivity index (χ0v) is 13.2. The van der Waals surface area contributed by atoms with Gasteiger partial charge < -0.3 is 5.32 Å². The third-order valence-corrected chi connectivity index (χ3v) is 5.16. The monoisotopic (exact) mass is 291 g/mol. The summed E-state index contributed by atoms with van der Waals surface area (Å²) in [6.07, 6.45) is 8.33. The van der Waals surface area contributed by atoms with Crippen LogP contribution in [0.15, 0.2) is 24.3 Å². The maximum atomic E-state index is 6.00. The molecular formula is C18H26ClN. The lowest BCUT2D eigenvalue weighted by Crippen LogP contribution is -2.29. The first-order valence-electron chi connectivity index (χ1n) is 8.26. The van der Waals surface area contributed by atoms with Crippen LogP contribution < -0.4 is 5.32 Å². The van der Waals surface area contributed by atoms with Crippen molar-refractivity contribution in [3.05, 3.63) is 34.9 Å². The molecule has 1 aromatic carbocycles. The molecule has 2 saturated carbocycles. The lowest BCUT2D eigenvalue weighted by molar-refractivity contribution is 0.349. The molecule has 2 fully saturated rings. The second-order valence-electron chi connectivity index (χ2n) is 6.64. The molecule has 0 amide bonds. The highest BCUT2D eigenvalue weighted by atomic mass is 35.5. The van der Waals surface area contributed by atoms with Crippen LogP contribution in [0.1, 0.15) is 57.1 Å². The topological polar surface area (TPSA) is 12.0 Å². The van der Waals surface area contributed by atoms with Gasteiger partial charge in [-0.05, 0) is 74.1 Å². The van der Waals surface area contributed by atoms with Gasteiger partial charge in [0.1, 0.15) is 0 Å². The number of nitrogens with one attached hydrogen (secondary N) is 1. The van der Waals surface area contributed by atoms with E-state index in [1.807, 2.05) is 12.1 Å². The van der Waals surface area contributed by atoms with Crippen LogP contribution in [0.3, 0.4) is 0 Å². The van der Waals surface area contributed by atoms with E-state index < -0.39 is 0 Å². The van der Waals surface area contributed by atoms with Crippen molar-refractivity contribution in [3.63, 3.8) is 0 Å². The van der Waals surface area contributed by atoms with Crippen molar-refractivity contribution < 1.29 is 0 Å². The van der Waals surface area contributed by atoms with Gasteiger partial charge in [0.15, 0.2) is 0 Å². The number of rotatable bonds is 8. The highest BCUT2D eigenvalue weighted by Crippen LogP contribution is 2.49. The molecule has 0 radical (unpaired) electrons. The van der Waals surface area contributed by atoms with E-state index in [1.54, 1.807) is 0 Å². The van der Waals surface area contributed by atoms with Crippen molar-refractivity contribution in [2.45, 2.75) is 51.5 Å². The van der Waals surface area contributed by atoms with Crippen LogP contribution in [-0.2, 0) is 0 Å². The average Bonchev–Trinajstić information content (AvgIpc) is 3.32. The second kappa shape index (κ2) is 6.49. The summed E-state index contributed by atoms with van der Waals surface area (Å²) in [5.74, 6) is 3.01. The van der Waals surface area contributed by atoms with E-state index in [2.05, 4.69) is 24.4 Å². The Morgan fingerprint density at radius 1 is 1.10 bits per heavy atom. The molecule has 0 bridgehead atoms. The standard InChI is InChI=1S/C18H26ClN/c1-2-3-18(15-8-10-16(19)11-9-15)20-12-17(13-4-5-13)14-6-7-14/h8-11,13-14,17-18,20H,2-7,12H2,1H3. The molecule has 3 rings (SSSR count). The smallest absolute Gasteiger partial charge is 0.0406 e. The van der Waals surface area contributed by atoms with E-state index in [0.717, 1.165) is 22.8 Å². The van der Waals surface area contributed by atoms with Gasteiger partial charge in [-0.3, -0.25) is 0 Å². The second-order valence-corrected chi connectivity index (χ2v) is 7.08. The van der Waals surface area contributed by atoms with Gasteiger partial charge in [0.05, 0.1) is 0 Å². The number of hydrogen-bond donors (Lipinski definition) is 1. The normalized spacial score (nSPS) is 20.4. The molecule has 1 N–H and O–H groups in total. The fourth-order valence-corrected chi connectivity index (χ4v) is 3.54. The predicted octanol–water partition coefficient (Wildman–Crippen LogP) is 5.21. The Morgan fingerprint density at radius 2 is 1.70 bits per heavy atom. The van der Waals surface area contributed by atoms with Crippen LogP contribution in [0, 0.1) is 17.8 Å². The Morgan fingerprint density at radius 3 is 2.20 bits per heavy atom. The zero-order valence-electron chi connectivity index (χ0n) is 12.4. The van der Waals surface area contributed by atoms with E-state index in [9.17, 15) is 0 Å². The Balaban J connectivity index is 1.59. The lowest BCUT2D eigenvalue weighted by atomic mass is 9.96. The van der Waals surface area contributed by atoms with Gasteiger partial charge in [0.2, 0.25) is 0 Å². The van der Waals surface area contributed by atoms with Gasteiger partial charge >= 0.3 is 0 Å². The molecular weight excluding hydrogens is 266 g/mol. The summed E-state index contributed by atoms with van der Waals surface area (Å²) in [5, 5.41) is 4.69. The minimum absolute atomic E-state index is 0.497. The van der Waals surface area contributed by atoms with E-state index in [-0.39, 0.29) is 0 Å². The van der Waals surface area contributed by atoms with E-state index in [1.165, 1.54) is 50.6 Å². The number of halogens is 1. The minimum Gasteiger partial charge on any atom is -0.310 e. The van der Waals surface area contributed by atoms with Gasteiger partial charge in [0.25, 0.3) is 0 Å². The molecule has 1 unspecified atom stereocenters. The van der Waals surface area contributed by atoms with Gasteiger partial charge in [0, 0.05) is 11.1 Å². The summed E-state index contributed by atoms with van der Waals surface area (Å²) in [7, 11) is 0. The van der Waals surface area contributed by atoms with Crippen LogP contribution in [0.2, 0.25) is 5.02 Å². The van der Waals surface area contributed by atoms with Gasteiger partial charge in [-0.25, -0.2) is 0 Å². The van der Waals surface area contributed by atoms with Crippen LogP contribution >= 0.6 is 11.6 Å². The third kappa shape index (κ3) is 3.77. The van der Waals surface area contributed by atoms with Gasteiger partial charge in [-0.2, -0.15) is 0 Å². The Hall–Kier alpha value is -0.530. The summed E-state index contributed by atoms with van der Waals surface area (Å²) in [6, 6.07) is 8.89. The molecule has 0 heterocycles. The first-order valence-corrected chi connectivity index (χ1v) is 8.64. The maximum Gasteiger partial charge on any atom is 0.0406 e. The molecule has 2 heteroatoms. The van der Waals surface area contributed by atoms with E-state index in [4.69, 9.17) is 11.6 Å². The molecule has 0 saturated heterocycles. The van der Waals surface area contributed by atoms with E-state index >= 15 is 0 Å². The highest BCUT2D eigenvalue weighted by Gasteiger charge is 2.41. The summed E-state index contributed by atoms with van der Waals surface area (Å²) < 4.78 is 0. The van der Waals surface area contributed by atoms with Crippen molar-refractivity contribution in [3.8, 4) is 0 Å². The maximum absolute atomic E-state index is 6.00. The van der Waals surface area contributed by atoms with Crippen molar-refractivity contribution in [1.82, 2.24) is 5.32 Å². The van der Waals surface area contributed by atoms with Crippen LogP contribution in [0.4, 0.5) is 0 Å². The number of benzene rings is 1. The molecule has 1 atom stereocenters. The summed E-state index contributed by atoms with van der Waals surface area (Å²) in [5.41, 5.74) is 1.39. The Kier molecular flexibility index (Phi) is 4.68. The average molecular weight is 292 g/mol. The molecule has 2 aliphatic rings. The summed E-state index contributed by atoms with van der Waals surface area (Å²) in [4.78, 5) is 0. The molecule has 0 spiro atoms. The van der Waals surface area contributed by atoms with Crippen LogP contribution in [0.5, 0.6) is 0 Å². The van der Waals surface area contributed by atoms with Gasteiger partial charge in [-0.15, -0.1) is 0 Å². The zero-order chi connectivity index (χ0) is 13.9. The van der Waals surface area contributed by atoms with Crippen LogP contribution in [-0.4, -0.2) is 6.54 Å². The molecule has 20 heavy (non-hydrogen) atoms. The summed E-state index contributed by atoms with van der Waals surface area (Å²) in [6.45, 7) is 3.48. The van der Waals surface area contributed by atoms with Crippen molar-refractivity contribution >= 4 is 11.6 Å². The molecule has 1 aromatic rings. The SMILES string of the molecule is CCCC(NCC(C1CC1)C1CC1)c1ccc(Cl)cc1. The lowest BCUT2D eigenvalue weighted by Gasteiger charge is -2.23. The number of hydrogen-bond acceptors (Lipinski definition) is 1. The fraction of sp³-hybridized carbons (Fsp3) is 0.667.